The van der Waals surface area contributed by atoms with Crippen LogP contribution in [0.15, 0.2) is 53.4 Å². The number of amides is 1. The lowest BCUT2D eigenvalue weighted by molar-refractivity contribution is 0.0939. The van der Waals surface area contributed by atoms with Gasteiger partial charge in [-0.05, 0) is 48.2 Å². The zero-order valence-corrected chi connectivity index (χ0v) is 15.7. The van der Waals surface area contributed by atoms with Crippen molar-refractivity contribution in [2.24, 2.45) is 0 Å². The van der Waals surface area contributed by atoms with Gasteiger partial charge in [-0.15, -0.1) is 0 Å². The van der Waals surface area contributed by atoms with Crippen LogP contribution in [0, 0.1) is 0 Å². The van der Waals surface area contributed by atoms with E-state index in [0.717, 1.165) is 16.8 Å². The fraction of sp³-hybridized carbons (Fsp3) is 0.200. The predicted octanol–water partition coefficient (Wildman–Crippen LogP) is 4.32. The number of carbonyl (C=O) groups is 1. The van der Waals surface area contributed by atoms with Crippen molar-refractivity contribution in [3.63, 3.8) is 0 Å². The number of carbonyl (C=O) groups excluding carboxylic acids is 1. The first-order valence-corrected chi connectivity index (χ1v) is 9.08. The van der Waals surface area contributed by atoms with Crippen LogP contribution in [-0.4, -0.2) is 25.1 Å². The Kier molecular flexibility index (Phi) is 5.53. The van der Waals surface area contributed by atoms with E-state index < -0.39 is 0 Å². The van der Waals surface area contributed by atoms with Gasteiger partial charge in [-0.2, -0.15) is 11.3 Å². The highest BCUT2D eigenvalue weighted by atomic mass is 32.1. The number of aromatic nitrogens is 1. The minimum Gasteiger partial charge on any atom is -0.493 e. The Morgan fingerprint density at radius 3 is 2.54 bits per heavy atom. The number of hydrogen-bond donors (Lipinski definition) is 1. The van der Waals surface area contributed by atoms with Crippen molar-refractivity contribution in [2.75, 3.05) is 14.2 Å². The Bertz CT molecular complexity index is 877. The molecule has 6 heteroatoms. The average Bonchev–Trinajstić information content (AvgIpc) is 3.22. The molecule has 0 aliphatic rings. The van der Waals surface area contributed by atoms with E-state index in [-0.39, 0.29) is 11.9 Å². The van der Waals surface area contributed by atoms with Crippen LogP contribution in [0.4, 0.5) is 0 Å². The van der Waals surface area contributed by atoms with E-state index in [4.69, 9.17) is 9.47 Å². The monoisotopic (exact) mass is 368 g/mol. The van der Waals surface area contributed by atoms with Gasteiger partial charge in [0, 0.05) is 17.1 Å². The zero-order valence-electron chi connectivity index (χ0n) is 14.9. The lowest BCUT2D eigenvalue weighted by Crippen LogP contribution is -2.26. The molecular weight excluding hydrogens is 348 g/mol. The van der Waals surface area contributed by atoms with E-state index >= 15 is 0 Å². The van der Waals surface area contributed by atoms with Gasteiger partial charge in [0.15, 0.2) is 11.5 Å². The molecular formula is C20H20N2O3S. The van der Waals surface area contributed by atoms with Crippen molar-refractivity contribution in [3.05, 3.63) is 64.5 Å². The van der Waals surface area contributed by atoms with Crippen LogP contribution in [0.1, 0.15) is 28.9 Å². The summed E-state index contributed by atoms with van der Waals surface area (Å²) in [5, 5.41) is 7.01. The number of nitrogens with zero attached hydrogens (tertiary/aromatic N) is 1. The van der Waals surface area contributed by atoms with E-state index in [0.29, 0.717) is 17.1 Å². The summed E-state index contributed by atoms with van der Waals surface area (Å²) < 4.78 is 10.6. The van der Waals surface area contributed by atoms with E-state index in [1.165, 1.54) is 0 Å². The molecule has 134 valence electrons. The molecule has 2 aromatic heterocycles. The first-order valence-electron chi connectivity index (χ1n) is 8.13. The Morgan fingerprint density at radius 2 is 1.92 bits per heavy atom. The van der Waals surface area contributed by atoms with Gasteiger partial charge >= 0.3 is 0 Å². The maximum atomic E-state index is 12.5. The average molecular weight is 368 g/mol. The number of pyridine rings is 1. The largest absolute Gasteiger partial charge is 0.493 e. The van der Waals surface area contributed by atoms with Crippen LogP contribution >= 0.6 is 11.3 Å². The summed E-state index contributed by atoms with van der Waals surface area (Å²) >= 11 is 1.62. The Labute approximate surface area is 156 Å². The summed E-state index contributed by atoms with van der Waals surface area (Å²) in [5.74, 6) is 1.12. The SMILES string of the molecule is COc1ccc(C(C)NC(=O)c2ccc(-c3ccsc3)nc2)cc1OC. The van der Waals surface area contributed by atoms with E-state index in [2.05, 4.69) is 10.3 Å². The molecule has 1 N–H and O–H groups in total. The number of methoxy groups -OCH3 is 2. The second-order valence-corrected chi connectivity index (χ2v) is 6.53. The van der Waals surface area contributed by atoms with Gasteiger partial charge in [0.05, 0.1) is 31.5 Å². The molecule has 0 aliphatic heterocycles. The van der Waals surface area contributed by atoms with Gasteiger partial charge < -0.3 is 14.8 Å². The van der Waals surface area contributed by atoms with Crippen molar-refractivity contribution < 1.29 is 14.3 Å². The smallest absolute Gasteiger partial charge is 0.253 e. The zero-order chi connectivity index (χ0) is 18.5. The van der Waals surface area contributed by atoms with E-state index in [1.54, 1.807) is 37.8 Å². The molecule has 0 radical (unpaired) electrons. The maximum absolute atomic E-state index is 12.5. The molecule has 0 spiro atoms. The molecule has 3 aromatic rings. The van der Waals surface area contributed by atoms with Crippen molar-refractivity contribution in [2.45, 2.75) is 13.0 Å². The molecule has 0 bridgehead atoms. The molecule has 1 amide bonds. The molecule has 0 fully saturated rings. The molecule has 0 saturated carbocycles. The molecule has 3 rings (SSSR count). The van der Waals surface area contributed by atoms with E-state index in [9.17, 15) is 4.79 Å². The third-order valence-corrected chi connectivity index (χ3v) is 4.78. The van der Waals surface area contributed by atoms with Crippen LogP contribution in [-0.2, 0) is 0 Å². The van der Waals surface area contributed by atoms with Crippen molar-refractivity contribution >= 4 is 17.2 Å². The number of rotatable bonds is 6. The van der Waals surface area contributed by atoms with Gasteiger partial charge in [-0.1, -0.05) is 6.07 Å². The normalized spacial score (nSPS) is 11.7. The second kappa shape index (κ2) is 8.01. The Balaban J connectivity index is 1.71. The van der Waals surface area contributed by atoms with E-state index in [1.807, 2.05) is 48.0 Å². The summed E-state index contributed by atoms with van der Waals surface area (Å²) in [4.78, 5) is 16.9. The topological polar surface area (TPSA) is 60.5 Å². The summed E-state index contributed by atoms with van der Waals surface area (Å²) in [6.45, 7) is 1.92. The fourth-order valence-corrected chi connectivity index (χ4v) is 3.24. The van der Waals surface area contributed by atoms with Crippen LogP contribution in [0.3, 0.4) is 0 Å². The number of thiophene rings is 1. The lowest BCUT2D eigenvalue weighted by atomic mass is 10.1. The predicted molar refractivity (Wildman–Crippen MR) is 103 cm³/mol. The third-order valence-electron chi connectivity index (χ3n) is 4.10. The van der Waals surface area contributed by atoms with Gasteiger partial charge in [0.25, 0.3) is 5.91 Å². The Morgan fingerprint density at radius 1 is 1.12 bits per heavy atom. The fourth-order valence-electron chi connectivity index (χ4n) is 2.59. The van der Waals surface area contributed by atoms with Crippen LogP contribution < -0.4 is 14.8 Å². The highest BCUT2D eigenvalue weighted by Gasteiger charge is 2.14. The quantitative estimate of drug-likeness (QED) is 0.704. The number of hydrogen-bond acceptors (Lipinski definition) is 5. The lowest BCUT2D eigenvalue weighted by Gasteiger charge is -2.16. The number of ether oxygens (including phenoxy) is 2. The third kappa shape index (κ3) is 3.86. The van der Waals surface area contributed by atoms with Crippen molar-refractivity contribution in [3.8, 4) is 22.8 Å². The first kappa shape index (κ1) is 17.9. The minimum atomic E-state index is -0.182. The van der Waals surface area contributed by atoms with Crippen molar-refractivity contribution in [1.82, 2.24) is 10.3 Å². The summed E-state index contributed by atoms with van der Waals surface area (Å²) in [5.41, 5.74) is 3.37. The summed E-state index contributed by atoms with van der Waals surface area (Å²) in [6, 6.07) is 11.1. The molecule has 0 aliphatic carbocycles. The highest BCUT2D eigenvalue weighted by molar-refractivity contribution is 7.08. The molecule has 0 saturated heterocycles. The molecule has 1 unspecified atom stereocenters. The maximum Gasteiger partial charge on any atom is 0.253 e. The second-order valence-electron chi connectivity index (χ2n) is 5.75. The van der Waals surface area contributed by atoms with Crippen molar-refractivity contribution in [1.29, 1.82) is 0 Å². The standard InChI is InChI=1S/C20H20N2O3S/c1-13(14-5-7-18(24-2)19(10-14)25-3)22-20(23)15-4-6-17(21-11-15)16-8-9-26-12-16/h4-13H,1-3H3,(H,22,23). The van der Waals surface area contributed by atoms with Gasteiger partial charge in [0.1, 0.15) is 0 Å². The van der Waals surface area contributed by atoms with Crippen LogP contribution in [0.25, 0.3) is 11.3 Å². The van der Waals surface area contributed by atoms with Crippen LogP contribution in [0.5, 0.6) is 11.5 Å². The number of nitrogens with one attached hydrogen (secondary N) is 1. The van der Waals surface area contributed by atoms with Gasteiger partial charge in [-0.25, -0.2) is 0 Å². The highest BCUT2D eigenvalue weighted by Crippen LogP contribution is 2.30. The van der Waals surface area contributed by atoms with Crippen LogP contribution in [0.2, 0.25) is 0 Å². The van der Waals surface area contributed by atoms with Gasteiger partial charge in [-0.3, -0.25) is 9.78 Å². The molecule has 5 nitrogen and oxygen atoms in total. The Hall–Kier alpha value is -2.86. The summed E-state index contributed by atoms with van der Waals surface area (Å²) in [6.07, 6.45) is 1.60. The first-order chi connectivity index (χ1) is 12.6. The molecule has 1 atom stereocenters. The van der Waals surface area contributed by atoms with Gasteiger partial charge in [0.2, 0.25) is 0 Å². The molecule has 26 heavy (non-hydrogen) atoms. The molecule has 1 aromatic carbocycles. The summed E-state index contributed by atoms with van der Waals surface area (Å²) in [7, 11) is 3.18. The minimum absolute atomic E-state index is 0.170. The molecule has 2 heterocycles. The number of benzene rings is 1.